The summed E-state index contributed by atoms with van der Waals surface area (Å²) >= 11 is 0. The molecule has 1 aromatic rings. The molecule has 1 amide bonds. The Hall–Kier alpha value is -1.95. The molecule has 2 rings (SSSR count). The summed E-state index contributed by atoms with van der Waals surface area (Å²) in [6, 6.07) is 4.23. The monoisotopic (exact) mass is 250 g/mol. The van der Waals surface area contributed by atoms with E-state index in [1.807, 2.05) is 0 Å². The van der Waals surface area contributed by atoms with E-state index in [9.17, 15) is 14.9 Å². The second-order valence-corrected chi connectivity index (χ2v) is 4.65. The summed E-state index contributed by atoms with van der Waals surface area (Å²) in [7, 11) is 0. The topological polar surface area (TPSA) is 92.5 Å². The molecule has 0 aliphatic heterocycles. The Balaban J connectivity index is 2.16. The quantitative estimate of drug-likeness (QED) is 0.619. The van der Waals surface area contributed by atoms with Crippen molar-refractivity contribution in [1.82, 2.24) is 5.32 Å². The number of rotatable bonds is 4. The minimum Gasteiger partial charge on any atom is -0.394 e. The van der Waals surface area contributed by atoms with Gasteiger partial charge in [-0.05, 0) is 31.9 Å². The van der Waals surface area contributed by atoms with Gasteiger partial charge in [0.2, 0.25) is 0 Å². The number of nitrogens with one attached hydrogen (secondary N) is 1. The van der Waals surface area contributed by atoms with E-state index in [0.717, 1.165) is 12.8 Å². The lowest BCUT2D eigenvalue weighted by atomic mass is 10.1. The van der Waals surface area contributed by atoms with Gasteiger partial charge in [0.15, 0.2) is 0 Å². The zero-order chi connectivity index (χ0) is 13.3. The molecule has 0 unspecified atom stereocenters. The first-order valence-corrected chi connectivity index (χ1v) is 5.66. The van der Waals surface area contributed by atoms with Crippen molar-refractivity contribution in [3.8, 4) is 0 Å². The van der Waals surface area contributed by atoms with Crippen molar-refractivity contribution in [3.63, 3.8) is 0 Å². The van der Waals surface area contributed by atoms with E-state index in [-0.39, 0.29) is 18.2 Å². The van der Waals surface area contributed by atoms with Crippen LogP contribution in [0.2, 0.25) is 0 Å². The van der Waals surface area contributed by atoms with Gasteiger partial charge >= 0.3 is 0 Å². The van der Waals surface area contributed by atoms with Crippen LogP contribution >= 0.6 is 0 Å². The molecule has 0 aromatic heterocycles. The number of aryl methyl sites for hydroxylation is 1. The van der Waals surface area contributed by atoms with Crippen molar-refractivity contribution in [2.45, 2.75) is 25.3 Å². The molecule has 18 heavy (non-hydrogen) atoms. The lowest BCUT2D eigenvalue weighted by Gasteiger charge is -2.14. The Morgan fingerprint density at radius 1 is 1.56 bits per heavy atom. The summed E-state index contributed by atoms with van der Waals surface area (Å²) < 4.78 is 0. The Morgan fingerprint density at radius 3 is 2.67 bits per heavy atom. The molecule has 0 spiro atoms. The number of carbonyl (C=O) groups is 1. The highest BCUT2D eigenvalue weighted by Crippen LogP contribution is 2.34. The average molecular weight is 250 g/mol. The highest BCUT2D eigenvalue weighted by atomic mass is 16.6. The summed E-state index contributed by atoms with van der Waals surface area (Å²) in [6.45, 7) is 1.51. The SMILES string of the molecule is Cc1cc(C(=O)NC2(CO)CC2)ccc1[N+](=O)[O-]. The van der Waals surface area contributed by atoms with Gasteiger partial charge in [-0.15, -0.1) is 0 Å². The van der Waals surface area contributed by atoms with E-state index in [0.29, 0.717) is 11.1 Å². The smallest absolute Gasteiger partial charge is 0.272 e. The Kier molecular flexibility index (Phi) is 3.04. The first kappa shape index (κ1) is 12.5. The van der Waals surface area contributed by atoms with Crippen LogP contribution in [0, 0.1) is 17.0 Å². The van der Waals surface area contributed by atoms with E-state index in [4.69, 9.17) is 5.11 Å². The highest BCUT2D eigenvalue weighted by molar-refractivity contribution is 5.95. The average Bonchev–Trinajstić information content (AvgIpc) is 3.09. The van der Waals surface area contributed by atoms with Gasteiger partial charge in [0.1, 0.15) is 0 Å². The maximum atomic E-state index is 11.9. The fourth-order valence-electron chi connectivity index (χ4n) is 1.79. The summed E-state index contributed by atoms with van der Waals surface area (Å²) in [5.41, 5.74) is 0.335. The third-order valence-electron chi connectivity index (χ3n) is 3.19. The molecule has 96 valence electrons. The standard InChI is InChI=1S/C12H14N2O4/c1-8-6-9(2-3-10(8)14(17)18)11(16)13-12(7-15)4-5-12/h2-3,6,15H,4-5,7H2,1H3,(H,13,16). The maximum absolute atomic E-state index is 11.9. The van der Waals surface area contributed by atoms with Crippen molar-refractivity contribution in [1.29, 1.82) is 0 Å². The molecular weight excluding hydrogens is 236 g/mol. The zero-order valence-electron chi connectivity index (χ0n) is 9.97. The van der Waals surface area contributed by atoms with Gasteiger partial charge in [0, 0.05) is 17.2 Å². The highest BCUT2D eigenvalue weighted by Gasteiger charge is 2.43. The number of carbonyl (C=O) groups excluding carboxylic acids is 1. The van der Waals surface area contributed by atoms with Crippen LogP contribution in [-0.2, 0) is 0 Å². The number of nitro groups is 1. The summed E-state index contributed by atoms with van der Waals surface area (Å²) in [6.07, 6.45) is 1.53. The van der Waals surface area contributed by atoms with Crippen LogP contribution in [0.3, 0.4) is 0 Å². The first-order chi connectivity index (χ1) is 8.47. The molecule has 0 atom stereocenters. The molecule has 1 aliphatic carbocycles. The van der Waals surface area contributed by atoms with Crippen molar-refractivity contribution < 1.29 is 14.8 Å². The molecule has 0 saturated heterocycles. The number of nitrogens with zero attached hydrogens (tertiary/aromatic N) is 1. The molecule has 0 radical (unpaired) electrons. The lowest BCUT2D eigenvalue weighted by molar-refractivity contribution is -0.385. The minimum atomic E-state index is -0.479. The molecule has 0 bridgehead atoms. The number of amides is 1. The van der Waals surface area contributed by atoms with Crippen LogP contribution in [-0.4, -0.2) is 28.1 Å². The molecule has 6 heteroatoms. The van der Waals surface area contributed by atoms with Crippen molar-refractivity contribution in [2.24, 2.45) is 0 Å². The van der Waals surface area contributed by atoms with Gasteiger partial charge in [-0.2, -0.15) is 0 Å². The first-order valence-electron chi connectivity index (χ1n) is 5.66. The van der Waals surface area contributed by atoms with Gasteiger partial charge in [-0.3, -0.25) is 14.9 Å². The second kappa shape index (κ2) is 4.38. The van der Waals surface area contributed by atoms with Gasteiger partial charge in [0.25, 0.3) is 11.6 Å². The van der Waals surface area contributed by atoms with Gasteiger partial charge in [0.05, 0.1) is 17.1 Å². The van der Waals surface area contributed by atoms with Crippen molar-refractivity contribution >= 4 is 11.6 Å². The number of hydrogen-bond donors (Lipinski definition) is 2. The number of aliphatic hydroxyl groups excluding tert-OH is 1. The van der Waals surface area contributed by atoms with E-state index in [1.54, 1.807) is 6.92 Å². The fraction of sp³-hybridized carbons (Fsp3) is 0.417. The molecule has 1 aliphatic rings. The van der Waals surface area contributed by atoms with Crippen LogP contribution in [0.1, 0.15) is 28.8 Å². The summed E-state index contributed by atoms with van der Waals surface area (Å²) in [4.78, 5) is 22.1. The molecule has 0 heterocycles. The Morgan fingerprint density at radius 2 is 2.22 bits per heavy atom. The van der Waals surface area contributed by atoms with Gasteiger partial charge in [-0.1, -0.05) is 0 Å². The lowest BCUT2D eigenvalue weighted by Crippen LogP contribution is -2.39. The zero-order valence-corrected chi connectivity index (χ0v) is 9.97. The van der Waals surface area contributed by atoms with Crippen LogP contribution in [0.25, 0.3) is 0 Å². The number of benzene rings is 1. The van der Waals surface area contributed by atoms with Crippen LogP contribution in [0.15, 0.2) is 18.2 Å². The molecule has 1 fully saturated rings. The van der Waals surface area contributed by atoms with Gasteiger partial charge < -0.3 is 10.4 Å². The van der Waals surface area contributed by atoms with E-state index in [2.05, 4.69) is 5.32 Å². The third kappa shape index (κ3) is 2.33. The minimum absolute atomic E-state index is 0.00477. The largest absolute Gasteiger partial charge is 0.394 e. The van der Waals surface area contributed by atoms with Crippen LogP contribution in [0.5, 0.6) is 0 Å². The molecular formula is C12H14N2O4. The van der Waals surface area contributed by atoms with Gasteiger partial charge in [-0.25, -0.2) is 0 Å². The van der Waals surface area contributed by atoms with Crippen LogP contribution < -0.4 is 5.32 Å². The fourth-order valence-corrected chi connectivity index (χ4v) is 1.79. The molecule has 6 nitrogen and oxygen atoms in total. The Bertz CT molecular complexity index is 509. The van der Waals surface area contributed by atoms with Crippen molar-refractivity contribution in [2.75, 3.05) is 6.61 Å². The number of hydrogen-bond acceptors (Lipinski definition) is 4. The van der Waals surface area contributed by atoms with E-state index in [1.165, 1.54) is 18.2 Å². The predicted molar refractivity (Wildman–Crippen MR) is 64.4 cm³/mol. The summed E-state index contributed by atoms with van der Waals surface area (Å²) in [5.74, 6) is -0.306. The molecule has 1 aromatic carbocycles. The Labute approximate surface area is 104 Å². The van der Waals surface area contributed by atoms with E-state index < -0.39 is 10.5 Å². The normalized spacial score (nSPS) is 16.1. The third-order valence-corrected chi connectivity index (χ3v) is 3.19. The van der Waals surface area contributed by atoms with E-state index >= 15 is 0 Å². The summed E-state index contributed by atoms with van der Waals surface area (Å²) in [5, 5.41) is 22.5. The molecule has 1 saturated carbocycles. The predicted octanol–water partition coefficient (Wildman–Crippen LogP) is 1.16. The van der Waals surface area contributed by atoms with Crippen LogP contribution in [0.4, 0.5) is 5.69 Å². The number of aliphatic hydroxyl groups is 1. The van der Waals surface area contributed by atoms with Crippen molar-refractivity contribution in [3.05, 3.63) is 39.4 Å². The maximum Gasteiger partial charge on any atom is 0.272 e. The number of nitro benzene ring substituents is 1. The second-order valence-electron chi connectivity index (χ2n) is 4.65. The molecule has 2 N–H and O–H groups in total.